The van der Waals surface area contributed by atoms with Crippen LogP contribution in [0.4, 0.5) is 5.69 Å². The van der Waals surface area contributed by atoms with Crippen LogP contribution < -0.4 is 5.73 Å². The number of carbonyl (C=O) groups excluding carboxylic acids is 4. The molecule has 0 amide bonds. The summed E-state index contributed by atoms with van der Waals surface area (Å²) in [5.74, 6) is -0.732. The van der Waals surface area contributed by atoms with Gasteiger partial charge in [-0.25, -0.2) is 0 Å². The number of Topliss-reactive ketones (excluding diaryl/α,β-unsaturated/α-hetero) is 4. The topological polar surface area (TPSA) is 94.3 Å². The standard InChI is InChI=1S/C16H19NO4/c1-10(18)3-15(20)8-12-5-13(7-14(17)6-12)9-16(21)4-11(2)19/h5-7H,3-4,8-9,17H2,1-2H3. The normalized spacial score (nSPS) is 10.2. The van der Waals surface area contributed by atoms with Gasteiger partial charge in [0.2, 0.25) is 0 Å². The second-order valence-electron chi connectivity index (χ2n) is 5.27. The molecule has 1 aromatic rings. The van der Waals surface area contributed by atoms with Crippen molar-refractivity contribution in [2.75, 3.05) is 5.73 Å². The summed E-state index contributed by atoms with van der Waals surface area (Å²) in [5, 5.41) is 0. The Kier molecular flexibility index (Phi) is 5.96. The first-order chi connectivity index (χ1) is 9.76. The van der Waals surface area contributed by atoms with E-state index in [4.69, 9.17) is 5.73 Å². The van der Waals surface area contributed by atoms with Crippen molar-refractivity contribution in [2.24, 2.45) is 0 Å². The number of rotatable bonds is 8. The lowest BCUT2D eigenvalue weighted by Gasteiger charge is -2.06. The van der Waals surface area contributed by atoms with E-state index in [2.05, 4.69) is 0 Å². The first-order valence-electron chi connectivity index (χ1n) is 6.67. The predicted molar refractivity (Wildman–Crippen MR) is 78.9 cm³/mol. The Labute approximate surface area is 123 Å². The largest absolute Gasteiger partial charge is 0.399 e. The zero-order valence-corrected chi connectivity index (χ0v) is 12.3. The SMILES string of the molecule is CC(=O)CC(=O)Cc1cc(N)cc(CC(=O)CC(C)=O)c1. The van der Waals surface area contributed by atoms with Gasteiger partial charge in [-0.3, -0.25) is 19.2 Å². The minimum absolute atomic E-state index is 0.104. The lowest BCUT2D eigenvalue weighted by molar-refractivity contribution is -0.127. The molecule has 2 N–H and O–H groups in total. The van der Waals surface area contributed by atoms with Crippen molar-refractivity contribution in [1.29, 1.82) is 0 Å². The number of ketones is 4. The molecule has 112 valence electrons. The van der Waals surface area contributed by atoms with Crippen LogP contribution in [0.1, 0.15) is 37.8 Å². The van der Waals surface area contributed by atoms with Gasteiger partial charge >= 0.3 is 0 Å². The highest BCUT2D eigenvalue weighted by Crippen LogP contribution is 2.15. The fourth-order valence-electron chi connectivity index (χ4n) is 2.13. The monoisotopic (exact) mass is 289 g/mol. The highest BCUT2D eigenvalue weighted by Gasteiger charge is 2.11. The third-order valence-electron chi connectivity index (χ3n) is 2.77. The summed E-state index contributed by atoms with van der Waals surface area (Å²) in [6.07, 6.45) is 0.0117. The van der Waals surface area contributed by atoms with Crippen molar-refractivity contribution in [3.05, 3.63) is 29.3 Å². The number of hydrogen-bond donors (Lipinski definition) is 1. The van der Waals surface area contributed by atoms with Gasteiger partial charge in [0, 0.05) is 18.5 Å². The molecule has 0 saturated carbocycles. The number of nitrogen functional groups attached to an aromatic ring is 1. The van der Waals surface area contributed by atoms with Gasteiger partial charge in [-0.2, -0.15) is 0 Å². The summed E-state index contributed by atoms with van der Waals surface area (Å²) in [5.41, 5.74) is 7.56. The summed E-state index contributed by atoms with van der Waals surface area (Å²) in [6, 6.07) is 5.01. The van der Waals surface area contributed by atoms with Crippen molar-refractivity contribution < 1.29 is 19.2 Å². The molecule has 0 spiro atoms. The van der Waals surface area contributed by atoms with Crippen LogP contribution in [-0.4, -0.2) is 23.1 Å². The van der Waals surface area contributed by atoms with Gasteiger partial charge in [0.05, 0.1) is 12.8 Å². The van der Waals surface area contributed by atoms with Crippen molar-refractivity contribution in [3.8, 4) is 0 Å². The number of hydrogen-bond acceptors (Lipinski definition) is 5. The minimum atomic E-state index is -0.186. The molecule has 0 bridgehead atoms. The van der Waals surface area contributed by atoms with Crippen molar-refractivity contribution in [3.63, 3.8) is 0 Å². The number of carbonyl (C=O) groups is 4. The minimum Gasteiger partial charge on any atom is -0.399 e. The van der Waals surface area contributed by atoms with Crippen LogP contribution in [0.15, 0.2) is 18.2 Å². The van der Waals surface area contributed by atoms with E-state index in [1.54, 1.807) is 18.2 Å². The van der Waals surface area contributed by atoms with E-state index < -0.39 is 0 Å². The Morgan fingerprint density at radius 1 is 0.810 bits per heavy atom. The van der Waals surface area contributed by atoms with Crippen LogP contribution in [0.5, 0.6) is 0 Å². The number of nitrogens with two attached hydrogens (primary N) is 1. The van der Waals surface area contributed by atoms with Gasteiger partial charge in [-0.1, -0.05) is 6.07 Å². The van der Waals surface area contributed by atoms with E-state index >= 15 is 0 Å². The lowest BCUT2D eigenvalue weighted by Crippen LogP contribution is -2.10. The highest BCUT2D eigenvalue weighted by molar-refractivity contribution is 5.99. The average molecular weight is 289 g/mol. The average Bonchev–Trinajstić information content (AvgIpc) is 2.24. The third-order valence-corrected chi connectivity index (χ3v) is 2.77. The van der Waals surface area contributed by atoms with E-state index in [-0.39, 0.29) is 48.8 Å². The molecule has 0 aliphatic heterocycles. The van der Waals surface area contributed by atoms with Crippen LogP contribution in [0.2, 0.25) is 0 Å². The summed E-state index contributed by atoms with van der Waals surface area (Å²) in [6.45, 7) is 2.73. The second-order valence-corrected chi connectivity index (χ2v) is 5.27. The molecule has 1 rings (SSSR count). The molecule has 0 aliphatic rings. The van der Waals surface area contributed by atoms with E-state index in [9.17, 15) is 19.2 Å². The Morgan fingerprint density at radius 2 is 1.19 bits per heavy atom. The molecule has 0 fully saturated rings. The Morgan fingerprint density at radius 3 is 1.52 bits per heavy atom. The van der Waals surface area contributed by atoms with E-state index in [1.165, 1.54) is 13.8 Å². The molecular formula is C16H19NO4. The molecule has 0 radical (unpaired) electrons. The van der Waals surface area contributed by atoms with Gasteiger partial charge in [-0.15, -0.1) is 0 Å². The van der Waals surface area contributed by atoms with Crippen LogP contribution >= 0.6 is 0 Å². The van der Waals surface area contributed by atoms with E-state index in [1.807, 2.05) is 0 Å². The fraction of sp³-hybridized carbons (Fsp3) is 0.375. The van der Waals surface area contributed by atoms with Crippen molar-refractivity contribution in [1.82, 2.24) is 0 Å². The zero-order chi connectivity index (χ0) is 16.0. The molecule has 0 unspecified atom stereocenters. The third kappa shape index (κ3) is 6.61. The molecule has 5 nitrogen and oxygen atoms in total. The van der Waals surface area contributed by atoms with Gasteiger partial charge in [-0.05, 0) is 37.1 Å². The summed E-state index contributed by atoms with van der Waals surface area (Å²) >= 11 is 0. The molecule has 0 aliphatic carbocycles. The second kappa shape index (κ2) is 7.47. The van der Waals surface area contributed by atoms with Crippen LogP contribution in [0.3, 0.4) is 0 Å². The molecule has 0 saturated heterocycles. The number of anilines is 1. The molecule has 21 heavy (non-hydrogen) atoms. The van der Waals surface area contributed by atoms with Crippen molar-refractivity contribution >= 4 is 28.8 Å². The summed E-state index contributed by atoms with van der Waals surface area (Å²) < 4.78 is 0. The lowest BCUT2D eigenvalue weighted by atomic mass is 9.99. The molecule has 0 atom stereocenters. The maximum Gasteiger partial charge on any atom is 0.144 e. The van der Waals surface area contributed by atoms with E-state index in [0.717, 1.165) is 0 Å². The quantitative estimate of drug-likeness (QED) is 0.577. The summed E-state index contributed by atoms with van der Waals surface area (Å²) in [7, 11) is 0. The van der Waals surface area contributed by atoms with Crippen LogP contribution in [0.25, 0.3) is 0 Å². The summed E-state index contributed by atoms with van der Waals surface area (Å²) in [4.78, 5) is 45.1. The Hall–Kier alpha value is -2.30. The Bertz CT molecular complexity index is 542. The maximum atomic E-state index is 11.6. The molecule has 1 aromatic carbocycles. The Balaban J connectivity index is 2.79. The molecule has 0 aromatic heterocycles. The fourth-order valence-corrected chi connectivity index (χ4v) is 2.13. The van der Waals surface area contributed by atoms with Gasteiger partial charge < -0.3 is 5.73 Å². The molecule has 5 heteroatoms. The molecular weight excluding hydrogens is 270 g/mol. The van der Waals surface area contributed by atoms with Crippen LogP contribution in [-0.2, 0) is 32.0 Å². The van der Waals surface area contributed by atoms with Gasteiger partial charge in [0.1, 0.15) is 23.1 Å². The highest BCUT2D eigenvalue weighted by atomic mass is 16.2. The first-order valence-corrected chi connectivity index (χ1v) is 6.67. The molecule has 0 heterocycles. The van der Waals surface area contributed by atoms with Gasteiger partial charge in [0.15, 0.2) is 0 Å². The zero-order valence-electron chi connectivity index (χ0n) is 12.3. The van der Waals surface area contributed by atoms with E-state index in [0.29, 0.717) is 16.8 Å². The van der Waals surface area contributed by atoms with Crippen LogP contribution in [0, 0.1) is 0 Å². The number of benzene rings is 1. The van der Waals surface area contributed by atoms with Crippen molar-refractivity contribution in [2.45, 2.75) is 39.5 Å². The maximum absolute atomic E-state index is 11.6. The first kappa shape index (κ1) is 16.8. The smallest absolute Gasteiger partial charge is 0.144 e. The predicted octanol–water partition coefficient (Wildman–Crippen LogP) is 1.45. The van der Waals surface area contributed by atoms with Gasteiger partial charge in [0.25, 0.3) is 0 Å².